The Morgan fingerprint density at radius 2 is 0.909 bits per heavy atom. The van der Waals surface area contributed by atoms with Crippen LogP contribution < -0.4 is 0 Å². The van der Waals surface area contributed by atoms with Crippen LogP contribution in [0.1, 0.15) is 99.3 Å². The van der Waals surface area contributed by atoms with E-state index in [-0.39, 0.29) is 28.4 Å². The van der Waals surface area contributed by atoms with Crippen LogP contribution in [-0.2, 0) is 0 Å². The van der Waals surface area contributed by atoms with Crippen LogP contribution in [0.5, 0.6) is 23.0 Å². The topological polar surface area (TPSA) is 80.9 Å². The van der Waals surface area contributed by atoms with E-state index in [1.165, 1.54) is 0 Å². The van der Waals surface area contributed by atoms with Crippen LogP contribution in [0.4, 0.5) is 0 Å². The second-order valence-electron chi connectivity index (χ2n) is 11.4. The summed E-state index contributed by atoms with van der Waals surface area (Å²) in [5.74, 6) is 2.07. The third-order valence-corrected chi connectivity index (χ3v) is 8.97. The molecule has 33 heavy (non-hydrogen) atoms. The lowest BCUT2D eigenvalue weighted by Crippen LogP contribution is -2.36. The predicted molar refractivity (Wildman–Crippen MR) is 132 cm³/mol. The van der Waals surface area contributed by atoms with Gasteiger partial charge in [-0.2, -0.15) is 0 Å². The zero-order valence-corrected chi connectivity index (χ0v) is 20.6. The second-order valence-corrected chi connectivity index (χ2v) is 11.4. The van der Waals surface area contributed by atoms with Crippen molar-refractivity contribution in [1.82, 2.24) is 0 Å². The first-order valence-electron chi connectivity index (χ1n) is 12.6. The third kappa shape index (κ3) is 4.67. The Kier molecular flexibility index (Phi) is 6.57. The van der Waals surface area contributed by atoms with Crippen molar-refractivity contribution in [1.29, 1.82) is 0 Å². The molecule has 2 aromatic carbocycles. The van der Waals surface area contributed by atoms with E-state index >= 15 is 0 Å². The molecule has 4 N–H and O–H groups in total. The molecule has 4 nitrogen and oxygen atoms in total. The van der Waals surface area contributed by atoms with Gasteiger partial charge < -0.3 is 20.4 Å². The fourth-order valence-electron chi connectivity index (χ4n) is 6.83. The van der Waals surface area contributed by atoms with Crippen LogP contribution in [0.3, 0.4) is 0 Å². The first-order valence-corrected chi connectivity index (χ1v) is 12.6. The first kappa shape index (κ1) is 23.8. The summed E-state index contributed by atoms with van der Waals surface area (Å²) in [5.41, 5.74) is 4.06. The van der Waals surface area contributed by atoms with Gasteiger partial charge in [-0.25, -0.2) is 0 Å². The number of phenolic OH excluding ortho intramolecular Hbond substituents is 4. The molecule has 0 bridgehead atoms. The molecule has 4 rings (SSSR count). The van der Waals surface area contributed by atoms with Gasteiger partial charge in [0.05, 0.1) is 0 Å². The molecule has 2 aromatic rings. The molecule has 2 aliphatic rings. The minimum atomic E-state index is -0.00261. The molecular weight excluding hydrogens is 412 g/mol. The zero-order chi connectivity index (χ0) is 23.9. The van der Waals surface area contributed by atoms with Gasteiger partial charge in [0.25, 0.3) is 0 Å². The highest BCUT2D eigenvalue weighted by Gasteiger charge is 2.41. The SMILES string of the molecule is Cc1cc(O)c(O)c(C2CCC(C(C)(C)C3CCC(c4cc(C)cc(O)c4O)CC3)CC2)c1. The number of rotatable bonds is 4. The van der Waals surface area contributed by atoms with Gasteiger partial charge in [-0.05, 0) is 118 Å². The smallest absolute Gasteiger partial charge is 0.160 e. The van der Waals surface area contributed by atoms with E-state index < -0.39 is 0 Å². The lowest BCUT2D eigenvalue weighted by atomic mass is 9.58. The van der Waals surface area contributed by atoms with Crippen molar-refractivity contribution in [3.63, 3.8) is 0 Å². The Hall–Kier alpha value is -2.36. The van der Waals surface area contributed by atoms with Crippen molar-refractivity contribution in [2.24, 2.45) is 17.3 Å². The molecule has 0 amide bonds. The number of hydrogen-bond acceptors (Lipinski definition) is 4. The molecule has 2 fully saturated rings. The van der Waals surface area contributed by atoms with Crippen LogP contribution in [0.2, 0.25) is 0 Å². The van der Waals surface area contributed by atoms with Crippen molar-refractivity contribution in [2.75, 3.05) is 0 Å². The highest BCUT2D eigenvalue weighted by molar-refractivity contribution is 5.50. The highest BCUT2D eigenvalue weighted by atomic mass is 16.3. The molecule has 0 heterocycles. The van der Waals surface area contributed by atoms with Crippen LogP contribution in [0.15, 0.2) is 24.3 Å². The minimum absolute atomic E-state index is 0.00261. The van der Waals surface area contributed by atoms with Crippen LogP contribution in [0.25, 0.3) is 0 Å². The van der Waals surface area contributed by atoms with E-state index in [2.05, 4.69) is 13.8 Å². The van der Waals surface area contributed by atoms with Gasteiger partial charge in [-0.3, -0.25) is 0 Å². The molecule has 0 atom stereocenters. The summed E-state index contributed by atoms with van der Waals surface area (Å²) in [6.45, 7) is 8.81. The van der Waals surface area contributed by atoms with Gasteiger partial charge in [0, 0.05) is 11.1 Å². The van der Waals surface area contributed by atoms with E-state index in [1.807, 2.05) is 26.0 Å². The maximum absolute atomic E-state index is 10.4. The van der Waals surface area contributed by atoms with Gasteiger partial charge in [0.2, 0.25) is 0 Å². The first-order chi connectivity index (χ1) is 15.6. The Bertz CT molecular complexity index is 914. The van der Waals surface area contributed by atoms with Gasteiger partial charge in [-0.1, -0.05) is 26.0 Å². The van der Waals surface area contributed by atoms with E-state index in [4.69, 9.17) is 0 Å². The summed E-state index contributed by atoms with van der Waals surface area (Å²) in [6.07, 6.45) is 8.81. The number of aryl methyl sites for hydroxylation is 2. The minimum Gasteiger partial charge on any atom is -0.504 e. The van der Waals surface area contributed by atoms with E-state index in [9.17, 15) is 20.4 Å². The van der Waals surface area contributed by atoms with E-state index in [0.29, 0.717) is 23.7 Å². The monoisotopic (exact) mass is 452 g/mol. The van der Waals surface area contributed by atoms with Gasteiger partial charge in [-0.15, -0.1) is 0 Å². The largest absolute Gasteiger partial charge is 0.504 e. The molecule has 0 aromatic heterocycles. The van der Waals surface area contributed by atoms with Crippen LogP contribution in [-0.4, -0.2) is 20.4 Å². The fraction of sp³-hybridized carbons (Fsp3) is 0.586. The standard InChI is InChI=1S/C29H40O4/c1-17-13-23(27(32)25(30)15-17)19-5-9-21(10-6-19)29(3,4)22-11-7-20(8-12-22)24-14-18(2)16-26(31)28(24)33/h13-16,19-22,30-33H,5-12H2,1-4H3. The number of benzene rings is 2. The zero-order valence-electron chi connectivity index (χ0n) is 20.6. The van der Waals surface area contributed by atoms with Crippen LogP contribution >= 0.6 is 0 Å². The van der Waals surface area contributed by atoms with Crippen LogP contribution in [0, 0.1) is 31.1 Å². The maximum Gasteiger partial charge on any atom is 0.160 e. The fourth-order valence-corrected chi connectivity index (χ4v) is 6.83. The molecule has 180 valence electrons. The molecular formula is C29H40O4. The average Bonchev–Trinajstić information content (AvgIpc) is 2.79. The van der Waals surface area contributed by atoms with Gasteiger partial charge >= 0.3 is 0 Å². The molecule has 0 aliphatic heterocycles. The van der Waals surface area contributed by atoms with E-state index in [1.54, 1.807) is 12.1 Å². The Morgan fingerprint density at radius 3 is 1.24 bits per heavy atom. The number of hydrogen-bond donors (Lipinski definition) is 4. The van der Waals surface area contributed by atoms with Crippen molar-refractivity contribution in [3.05, 3.63) is 46.5 Å². The summed E-state index contributed by atoms with van der Waals surface area (Å²) in [5, 5.41) is 40.9. The summed E-state index contributed by atoms with van der Waals surface area (Å²) in [6, 6.07) is 7.32. The Balaban J connectivity index is 1.38. The molecule has 0 saturated heterocycles. The van der Waals surface area contributed by atoms with E-state index in [0.717, 1.165) is 73.6 Å². The van der Waals surface area contributed by atoms with Crippen molar-refractivity contribution >= 4 is 0 Å². The summed E-state index contributed by atoms with van der Waals surface area (Å²) in [4.78, 5) is 0. The lowest BCUT2D eigenvalue weighted by Gasteiger charge is -2.47. The van der Waals surface area contributed by atoms with Crippen molar-refractivity contribution < 1.29 is 20.4 Å². The van der Waals surface area contributed by atoms with Gasteiger partial charge in [0.15, 0.2) is 23.0 Å². The molecule has 2 aliphatic carbocycles. The predicted octanol–water partition coefficient (Wildman–Crippen LogP) is 7.40. The molecule has 0 radical (unpaired) electrons. The van der Waals surface area contributed by atoms with Crippen molar-refractivity contribution in [3.8, 4) is 23.0 Å². The average molecular weight is 453 g/mol. The molecule has 2 saturated carbocycles. The quantitative estimate of drug-likeness (QED) is 0.364. The lowest BCUT2D eigenvalue weighted by molar-refractivity contribution is 0.0510. The van der Waals surface area contributed by atoms with Crippen molar-refractivity contribution in [2.45, 2.75) is 90.9 Å². The summed E-state index contributed by atoms with van der Waals surface area (Å²) >= 11 is 0. The Labute approximate surface area is 198 Å². The van der Waals surface area contributed by atoms with Gasteiger partial charge in [0.1, 0.15) is 0 Å². The highest BCUT2D eigenvalue weighted by Crippen LogP contribution is 2.54. The Morgan fingerprint density at radius 1 is 0.576 bits per heavy atom. The summed E-state index contributed by atoms with van der Waals surface area (Å²) in [7, 11) is 0. The molecule has 0 unspecified atom stereocenters. The second kappa shape index (κ2) is 9.12. The number of aromatic hydroxyl groups is 4. The third-order valence-electron chi connectivity index (χ3n) is 8.97. The number of phenols is 4. The molecule has 0 spiro atoms. The normalized spacial score (nSPS) is 26.3. The molecule has 4 heteroatoms. The summed E-state index contributed by atoms with van der Waals surface area (Å²) < 4.78 is 0. The maximum atomic E-state index is 10.4.